The fraction of sp³-hybridized carbons (Fsp3) is 0.609. The molecule has 2 saturated heterocycles. The Morgan fingerprint density at radius 3 is 2.91 bits per heavy atom. The zero-order valence-electron chi connectivity index (χ0n) is 20.0. The van der Waals surface area contributed by atoms with E-state index in [4.69, 9.17) is 9.84 Å². The molecule has 0 unspecified atom stereocenters. The summed E-state index contributed by atoms with van der Waals surface area (Å²) in [6, 6.07) is 2.53. The van der Waals surface area contributed by atoms with Gasteiger partial charge in [0.15, 0.2) is 0 Å². The Morgan fingerprint density at radius 2 is 2.12 bits per heavy atom. The molecule has 2 aromatic heterocycles. The third kappa shape index (κ3) is 6.01. The number of piperidine rings is 1. The van der Waals surface area contributed by atoms with Gasteiger partial charge in [-0.2, -0.15) is 15.3 Å². The lowest BCUT2D eigenvalue weighted by molar-refractivity contribution is -0.133. The van der Waals surface area contributed by atoms with Gasteiger partial charge in [0.05, 0.1) is 23.6 Å². The highest BCUT2D eigenvalue weighted by molar-refractivity contribution is 5.77. The molecular formula is C23H33N9O2. The molecule has 0 spiro atoms. The van der Waals surface area contributed by atoms with E-state index in [-0.39, 0.29) is 12.5 Å². The molecule has 0 atom stereocenters. The molecule has 11 heteroatoms. The van der Waals surface area contributed by atoms with Crippen LogP contribution in [0, 0.1) is 18.3 Å². The molecule has 0 radical (unpaired) electrons. The number of hydrogen-bond acceptors (Lipinski definition) is 9. The summed E-state index contributed by atoms with van der Waals surface area (Å²) in [6.45, 7) is 6.82. The summed E-state index contributed by atoms with van der Waals surface area (Å²) in [5, 5.41) is 20.6. The van der Waals surface area contributed by atoms with E-state index in [1.807, 2.05) is 22.7 Å². The largest absolute Gasteiger partial charge is 0.372 e. The topological polar surface area (TPSA) is 124 Å². The van der Waals surface area contributed by atoms with Gasteiger partial charge in [0.2, 0.25) is 11.9 Å². The van der Waals surface area contributed by atoms with E-state index in [9.17, 15) is 10.1 Å². The molecule has 2 aliphatic heterocycles. The number of ether oxygens (including phenoxy) is 1. The molecular weight excluding hydrogens is 434 g/mol. The summed E-state index contributed by atoms with van der Waals surface area (Å²) in [5.41, 5.74) is 2.12. The van der Waals surface area contributed by atoms with Crippen LogP contribution in [0.2, 0.25) is 0 Å². The van der Waals surface area contributed by atoms with Gasteiger partial charge in [0, 0.05) is 32.4 Å². The maximum Gasteiger partial charge on any atom is 0.248 e. The number of hydrogen-bond donors (Lipinski definition) is 2. The Hall–Kier alpha value is -3.23. The van der Waals surface area contributed by atoms with Gasteiger partial charge in [0.1, 0.15) is 24.1 Å². The lowest BCUT2D eigenvalue weighted by Gasteiger charge is -2.28. The summed E-state index contributed by atoms with van der Waals surface area (Å²) in [6.07, 6.45) is 7.29. The monoisotopic (exact) mass is 467 g/mol. The zero-order valence-corrected chi connectivity index (χ0v) is 20.0. The number of aromatic nitrogens is 4. The molecule has 4 heterocycles. The van der Waals surface area contributed by atoms with Gasteiger partial charge in [0.25, 0.3) is 0 Å². The standard InChI is InChI=1S/C23H33N9O2/c1-17-20(15-32(29-17)19-5-10-30(2)11-6-19)27-23-26-14-18(13-24)22(28-23)25-7-3-8-31-9-4-12-34-16-21(31)33/h14-15,19H,3-12,16H2,1-2H3,(H2,25,26,27,28). The molecule has 1 amide bonds. The SMILES string of the molecule is Cc1nn(C2CCN(C)CC2)cc1Nc1ncc(C#N)c(NCCCN2CCCOCC2=O)n1. The quantitative estimate of drug-likeness (QED) is 0.560. The third-order valence-electron chi connectivity index (χ3n) is 6.33. The lowest BCUT2D eigenvalue weighted by Crippen LogP contribution is -2.34. The van der Waals surface area contributed by atoms with Crippen LogP contribution in [0.25, 0.3) is 0 Å². The highest BCUT2D eigenvalue weighted by Gasteiger charge is 2.20. The summed E-state index contributed by atoms with van der Waals surface area (Å²) in [7, 11) is 2.15. The normalized spacial score (nSPS) is 17.9. The molecule has 34 heavy (non-hydrogen) atoms. The molecule has 0 bridgehead atoms. The molecule has 11 nitrogen and oxygen atoms in total. The number of nitrogens with zero attached hydrogens (tertiary/aromatic N) is 7. The number of amides is 1. The first-order valence-corrected chi connectivity index (χ1v) is 11.9. The second kappa shape index (κ2) is 11.3. The number of rotatable bonds is 8. The van der Waals surface area contributed by atoms with Crippen LogP contribution in [-0.2, 0) is 9.53 Å². The second-order valence-electron chi connectivity index (χ2n) is 8.90. The van der Waals surface area contributed by atoms with Gasteiger partial charge < -0.3 is 25.2 Å². The summed E-state index contributed by atoms with van der Waals surface area (Å²) < 4.78 is 7.32. The summed E-state index contributed by atoms with van der Waals surface area (Å²) in [4.78, 5) is 25.0. The Balaban J connectivity index is 1.36. The number of carbonyl (C=O) groups excluding carboxylic acids is 1. The van der Waals surface area contributed by atoms with Gasteiger partial charge in [-0.3, -0.25) is 9.48 Å². The maximum atomic E-state index is 12.0. The van der Waals surface area contributed by atoms with Crippen molar-refractivity contribution in [2.24, 2.45) is 0 Å². The van der Waals surface area contributed by atoms with E-state index in [1.54, 1.807) is 0 Å². The molecule has 2 fully saturated rings. The minimum absolute atomic E-state index is 0.0277. The first kappa shape index (κ1) is 23.9. The van der Waals surface area contributed by atoms with E-state index in [1.165, 1.54) is 6.20 Å². The fourth-order valence-corrected chi connectivity index (χ4v) is 4.28. The van der Waals surface area contributed by atoms with Crippen LogP contribution in [0.4, 0.5) is 17.5 Å². The molecule has 2 aromatic rings. The Labute approximate surface area is 200 Å². The average molecular weight is 468 g/mol. The summed E-state index contributed by atoms with van der Waals surface area (Å²) >= 11 is 0. The van der Waals surface area contributed by atoms with E-state index in [0.717, 1.165) is 50.2 Å². The Morgan fingerprint density at radius 1 is 1.29 bits per heavy atom. The predicted molar refractivity (Wildman–Crippen MR) is 128 cm³/mol. The van der Waals surface area contributed by atoms with E-state index >= 15 is 0 Å². The van der Waals surface area contributed by atoms with E-state index < -0.39 is 0 Å². The summed E-state index contributed by atoms with van der Waals surface area (Å²) in [5.74, 6) is 0.915. The van der Waals surface area contributed by atoms with Crippen molar-refractivity contribution in [3.8, 4) is 6.07 Å². The molecule has 0 aliphatic carbocycles. The van der Waals surface area contributed by atoms with Crippen molar-refractivity contribution >= 4 is 23.4 Å². The van der Waals surface area contributed by atoms with Crippen LogP contribution in [-0.4, -0.2) is 88.4 Å². The van der Waals surface area contributed by atoms with Crippen LogP contribution in [0.3, 0.4) is 0 Å². The first-order valence-electron chi connectivity index (χ1n) is 11.9. The first-order chi connectivity index (χ1) is 16.5. The number of likely N-dealkylation sites (tertiary alicyclic amines) is 1. The number of nitriles is 1. The Kier molecular flexibility index (Phi) is 7.92. The molecule has 0 aromatic carbocycles. The average Bonchev–Trinajstić information content (AvgIpc) is 3.07. The third-order valence-corrected chi connectivity index (χ3v) is 6.33. The van der Waals surface area contributed by atoms with Gasteiger partial charge in [-0.05, 0) is 52.7 Å². The van der Waals surface area contributed by atoms with Crippen molar-refractivity contribution in [2.45, 2.75) is 38.6 Å². The lowest BCUT2D eigenvalue weighted by atomic mass is 10.1. The predicted octanol–water partition coefficient (Wildman–Crippen LogP) is 1.91. The van der Waals surface area contributed by atoms with Crippen LogP contribution >= 0.6 is 0 Å². The number of carbonyl (C=O) groups is 1. The van der Waals surface area contributed by atoms with Gasteiger partial charge >= 0.3 is 0 Å². The number of nitrogens with one attached hydrogen (secondary N) is 2. The zero-order chi connectivity index (χ0) is 23.9. The molecule has 2 N–H and O–H groups in total. The highest BCUT2D eigenvalue weighted by Crippen LogP contribution is 2.26. The second-order valence-corrected chi connectivity index (χ2v) is 8.90. The van der Waals surface area contributed by atoms with Crippen LogP contribution in [0.1, 0.15) is 43.0 Å². The minimum atomic E-state index is 0.0277. The maximum absolute atomic E-state index is 12.0. The van der Waals surface area contributed by atoms with Crippen molar-refractivity contribution in [2.75, 3.05) is 63.6 Å². The molecule has 0 saturated carbocycles. The van der Waals surface area contributed by atoms with Crippen LogP contribution in [0.5, 0.6) is 0 Å². The van der Waals surface area contributed by atoms with Crippen molar-refractivity contribution in [1.82, 2.24) is 29.5 Å². The van der Waals surface area contributed by atoms with Gasteiger partial charge in [-0.1, -0.05) is 0 Å². The fourth-order valence-electron chi connectivity index (χ4n) is 4.28. The molecule has 2 aliphatic rings. The van der Waals surface area contributed by atoms with Crippen molar-refractivity contribution in [3.63, 3.8) is 0 Å². The minimum Gasteiger partial charge on any atom is -0.372 e. The van der Waals surface area contributed by atoms with Crippen molar-refractivity contribution < 1.29 is 9.53 Å². The molecule has 182 valence electrons. The van der Waals surface area contributed by atoms with E-state index in [0.29, 0.717) is 49.6 Å². The Bertz CT molecular complexity index is 1020. The number of anilines is 3. The van der Waals surface area contributed by atoms with Gasteiger partial charge in [-0.25, -0.2) is 4.98 Å². The van der Waals surface area contributed by atoms with Gasteiger partial charge in [-0.15, -0.1) is 0 Å². The highest BCUT2D eigenvalue weighted by atomic mass is 16.5. The van der Waals surface area contributed by atoms with E-state index in [2.05, 4.69) is 38.6 Å². The van der Waals surface area contributed by atoms with Crippen LogP contribution in [0.15, 0.2) is 12.4 Å². The van der Waals surface area contributed by atoms with Crippen molar-refractivity contribution in [1.29, 1.82) is 5.26 Å². The number of aryl methyl sites for hydroxylation is 1. The molecule has 4 rings (SSSR count). The van der Waals surface area contributed by atoms with Crippen molar-refractivity contribution in [3.05, 3.63) is 23.7 Å². The van der Waals surface area contributed by atoms with Crippen LogP contribution < -0.4 is 10.6 Å². The smallest absolute Gasteiger partial charge is 0.248 e.